The summed E-state index contributed by atoms with van der Waals surface area (Å²) < 4.78 is 37.2. The van der Waals surface area contributed by atoms with Crippen molar-refractivity contribution in [1.82, 2.24) is 4.98 Å². The summed E-state index contributed by atoms with van der Waals surface area (Å²) in [6, 6.07) is 0. The van der Waals surface area contributed by atoms with Crippen molar-refractivity contribution in [3.63, 3.8) is 0 Å². The Bertz CT molecular complexity index is 343. The Morgan fingerprint density at radius 1 is 1.54 bits per heavy atom. The lowest BCUT2D eigenvalue weighted by atomic mass is 10.2. The molecule has 0 aromatic carbocycles. The first-order valence-electron chi connectivity index (χ1n) is 3.15. The number of aldehydes is 1. The molecule has 0 amide bonds. The fraction of sp³-hybridized carbons (Fsp3) is 0.143. The number of nitrogens with zero attached hydrogens (tertiary/aromatic N) is 1. The molecule has 0 radical (unpaired) electrons. The topological polar surface area (TPSA) is 30.0 Å². The van der Waals surface area contributed by atoms with Gasteiger partial charge in [-0.2, -0.15) is 0 Å². The molecule has 1 aromatic heterocycles. The van der Waals surface area contributed by atoms with Crippen molar-refractivity contribution in [1.29, 1.82) is 0 Å². The lowest BCUT2D eigenvalue weighted by Crippen LogP contribution is -2.00. The maximum atomic E-state index is 12.9. The summed E-state index contributed by atoms with van der Waals surface area (Å²) >= 11 is 5.26. The zero-order chi connectivity index (χ0) is 10.0. The molecule has 1 rings (SSSR count). The van der Waals surface area contributed by atoms with E-state index in [0.29, 0.717) is 0 Å². The highest BCUT2D eigenvalue weighted by molar-refractivity contribution is 6.31. The van der Waals surface area contributed by atoms with Gasteiger partial charge in [0.2, 0.25) is 0 Å². The zero-order valence-electron chi connectivity index (χ0n) is 6.10. The third-order valence-electron chi connectivity index (χ3n) is 1.37. The van der Waals surface area contributed by atoms with Crippen molar-refractivity contribution in [2.75, 3.05) is 0 Å². The van der Waals surface area contributed by atoms with E-state index in [4.69, 9.17) is 11.6 Å². The second-order valence-electron chi connectivity index (χ2n) is 2.14. The van der Waals surface area contributed by atoms with Gasteiger partial charge in [-0.25, -0.2) is 18.2 Å². The van der Waals surface area contributed by atoms with Gasteiger partial charge in [0.15, 0.2) is 12.1 Å². The third kappa shape index (κ3) is 1.80. The van der Waals surface area contributed by atoms with Gasteiger partial charge in [0.05, 0.1) is 10.6 Å². The molecule has 0 unspecified atom stereocenters. The monoisotopic (exact) mass is 209 g/mol. The van der Waals surface area contributed by atoms with Crippen LogP contribution in [0.4, 0.5) is 13.2 Å². The smallest absolute Gasteiger partial charge is 0.268 e. The Labute approximate surface area is 76.3 Å². The van der Waals surface area contributed by atoms with E-state index < -0.39 is 28.5 Å². The minimum atomic E-state index is -3.06. The molecular weight excluding hydrogens is 207 g/mol. The van der Waals surface area contributed by atoms with Crippen LogP contribution in [-0.4, -0.2) is 11.3 Å². The van der Waals surface area contributed by atoms with Gasteiger partial charge >= 0.3 is 0 Å². The Balaban J connectivity index is 3.38. The Hall–Kier alpha value is -1.10. The van der Waals surface area contributed by atoms with E-state index in [2.05, 4.69) is 4.98 Å². The number of alkyl halides is 2. The number of rotatable bonds is 2. The molecule has 1 aromatic rings. The van der Waals surface area contributed by atoms with Gasteiger partial charge in [0, 0.05) is 6.20 Å². The van der Waals surface area contributed by atoms with Gasteiger partial charge in [0.25, 0.3) is 6.43 Å². The predicted octanol–water partition coefficient (Wildman–Crippen LogP) is 2.62. The van der Waals surface area contributed by atoms with Crippen LogP contribution in [-0.2, 0) is 0 Å². The Kier molecular flexibility index (Phi) is 2.87. The molecular formula is C7H3ClF3NO. The van der Waals surface area contributed by atoms with Crippen LogP contribution in [0.15, 0.2) is 6.20 Å². The summed E-state index contributed by atoms with van der Waals surface area (Å²) in [5.41, 5.74) is -1.65. The molecule has 0 aliphatic rings. The lowest BCUT2D eigenvalue weighted by molar-refractivity contribution is 0.111. The van der Waals surface area contributed by atoms with E-state index in [9.17, 15) is 18.0 Å². The normalized spacial score (nSPS) is 10.5. The molecule has 0 bridgehead atoms. The highest BCUT2D eigenvalue weighted by Crippen LogP contribution is 2.29. The standard InChI is InChI=1S/C7H3ClF3NO/c8-3-1-12-4(2-13)6(9)5(3)7(10)11/h1-2,7H. The van der Waals surface area contributed by atoms with Crippen LogP contribution in [0.1, 0.15) is 22.5 Å². The molecule has 0 saturated carbocycles. The maximum Gasteiger partial charge on any atom is 0.268 e. The molecule has 1 heterocycles. The van der Waals surface area contributed by atoms with Crippen molar-refractivity contribution in [3.8, 4) is 0 Å². The summed E-state index contributed by atoms with van der Waals surface area (Å²) in [5, 5.41) is -0.488. The second kappa shape index (κ2) is 3.74. The fourth-order valence-electron chi connectivity index (χ4n) is 0.777. The van der Waals surface area contributed by atoms with Crippen molar-refractivity contribution >= 4 is 17.9 Å². The molecule has 0 saturated heterocycles. The fourth-order valence-corrected chi connectivity index (χ4v) is 0.992. The van der Waals surface area contributed by atoms with E-state index in [1.165, 1.54) is 0 Å². The Morgan fingerprint density at radius 2 is 2.15 bits per heavy atom. The first kappa shape index (κ1) is 9.98. The molecule has 2 nitrogen and oxygen atoms in total. The molecule has 6 heteroatoms. The van der Waals surface area contributed by atoms with Crippen molar-refractivity contribution in [2.24, 2.45) is 0 Å². The molecule has 0 spiro atoms. The van der Waals surface area contributed by atoms with E-state index in [1.54, 1.807) is 0 Å². The number of aromatic nitrogens is 1. The predicted molar refractivity (Wildman–Crippen MR) is 39.5 cm³/mol. The highest BCUT2D eigenvalue weighted by Gasteiger charge is 2.21. The number of pyridine rings is 1. The first-order valence-corrected chi connectivity index (χ1v) is 3.53. The number of carbonyl (C=O) groups is 1. The van der Waals surface area contributed by atoms with E-state index in [0.717, 1.165) is 6.20 Å². The maximum absolute atomic E-state index is 12.9. The molecule has 0 atom stereocenters. The van der Waals surface area contributed by atoms with Gasteiger partial charge in [-0.15, -0.1) is 0 Å². The van der Waals surface area contributed by atoms with E-state index >= 15 is 0 Å². The quantitative estimate of drug-likeness (QED) is 0.701. The number of hydrogen-bond acceptors (Lipinski definition) is 2. The third-order valence-corrected chi connectivity index (χ3v) is 1.67. The van der Waals surface area contributed by atoms with Crippen LogP contribution in [0, 0.1) is 5.82 Å². The van der Waals surface area contributed by atoms with E-state index in [-0.39, 0.29) is 6.29 Å². The summed E-state index contributed by atoms with van der Waals surface area (Å²) in [6.45, 7) is 0. The first-order chi connectivity index (χ1) is 6.07. The molecule has 70 valence electrons. The van der Waals surface area contributed by atoms with Crippen LogP contribution in [0.25, 0.3) is 0 Å². The summed E-state index contributed by atoms with van der Waals surface area (Å²) in [5.74, 6) is -1.36. The minimum Gasteiger partial charge on any atom is -0.296 e. The number of carbonyl (C=O) groups excluding carboxylic acids is 1. The molecule has 0 N–H and O–H groups in total. The average molecular weight is 210 g/mol. The second-order valence-corrected chi connectivity index (χ2v) is 2.54. The van der Waals surface area contributed by atoms with Crippen molar-refractivity contribution in [2.45, 2.75) is 6.43 Å². The molecule has 0 fully saturated rings. The zero-order valence-corrected chi connectivity index (χ0v) is 6.86. The summed E-state index contributed by atoms with van der Waals surface area (Å²) in [4.78, 5) is 13.4. The number of hydrogen-bond donors (Lipinski definition) is 0. The van der Waals surface area contributed by atoms with Crippen LogP contribution >= 0.6 is 11.6 Å². The van der Waals surface area contributed by atoms with Crippen LogP contribution in [0.5, 0.6) is 0 Å². The number of halogens is 4. The Morgan fingerprint density at radius 3 is 2.62 bits per heavy atom. The minimum absolute atomic E-state index is 0.0531. The average Bonchev–Trinajstić information content (AvgIpc) is 2.04. The summed E-state index contributed by atoms with van der Waals surface area (Å²) in [7, 11) is 0. The van der Waals surface area contributed by atoms with Crippen LogP contribution < -0.4 is 0 Å². The van der Waals surface area contributed by atoms with Gasteiger partial charge in [-0.1, -0.05) is 11.6 Å². The van der Waals surface area contributed by atoms with Gasteiger partial charge < -0.3 is 0 Å². The molecule has 0 aliphatic heterocycles. The van der Waals surface area contributed by atoms with Gasteiger partial charge in [0.1, 0.15) is 5.69 Å². The SMILES string of the molecule is O=Cc1ncc(Cl)c(C(F)F)c1F. The largest absolute Gasteiger partial charge is 0.296 e. The van der Waals surface area contributed by atoms with Crippen molar-refractivity contribution in [3.05, 3.63) is 28.3 Å². The van der Waals surface area contributed by atoms with Gasteiger partial charge in [-0.3, -0.25) is 4.79 Å². The van der Waals surface area contributed by atoms with Gasteiger partial charge in [-0.05, 0) is 0 Å². The molecule has 0 aliphatic carbocycles. The lowest BCUT2D eigenvalue weighted by Gasteiger charge is -2.04. The van der Waals surface area contributed by atoms with Crippen LogP contribution in [0.2, 0.25) is 5.02 Å². The highest BCUT2D eigenvalue weighted by atomic mass is 35.5. The van der Waals surface area contributed by atoms with E-state index in [1.807, 2.05) is 0 Å². The van der Waals surface area contributed by atoms with Crippen LogP contribution in [0.3, 0.4) is 0 Å². The summed E-state index contributed by atoms with van der Waals surface area (Å²) in [6.07, 6.45) is -2.19. The molecule has 13 heavy (non-hydrogen) atoms. The van der Waals surface area contributed by atoms with Crippen molar-refractivity contribution < 1.29 is 18.0 Å².